The smallest absolute Gasteiger partial charge is 0.337 e. The fourth-order valence-corrected chi connectivity index (χ4v) is 2.89. The van der Waals surface area contributed by atoms with Crippen molar-refractivity contribution in [3.8, 4) is 5.75 Å². The summed E-state index contributed by atoms with van der Waals surface area (Å²) < 4.78 is 10.9. The van der Waals surface area contributed by atoms with Crippen molar-refractivity contribution in [2.45, 2.75) is 33.2 Å². The lowest BCUT2D eigenvalue weighted by Crippen LogP contribution is -2.52. The first-order valence-electron chi connectivity index (χ1n) is 9.30. The van der Waals surface area contributed by atoms with E-state index in [2.05, 4.69) is 10.6 Å². The number of benzene rings is 1. The molecule has 0 bridgehead atoms. The van der Waals surface area contributed by atoms with Gasteiger partial charge in [0.15, 0.2) is 0 Å². The number of hydrogen-bond donors (Lipinski definition) is 2. The van der Waals surface area contributed by atoms with Crippen molar-refractivity contribution in [3.63, 3.8) is 0 Å². The summed E-state index contributed by atoms with van der Waals surface area (Å²) in [6.07, 6.45) is 0.616. The van der Waals surface area contributed by atoms with Crippen LogP contribution in [0.3, 0.4) is 0 Å². The van der Waals surface area contributed by atoms with Crippen molar-refractivity contribution < 1.29 is 19.1 Å². The van der Waals surface area contributed by atoms with Crippen LogP contribution in [0.5, 0.6) is 5.75 Å². The first-order valence-corrected chi connectivity index (χ1v) is 9.30. The summed E-state index contributed by atoms with van der Waals surface area (Å²) in [4.78, 5) is 26.3. The van der Waals surface area contributed by atoms with E-state index >= 15 is 0 Å². The van der Waals surface area contributed by atoms with Crippen molar-refractivity contribution >= 4 is 12.0 Å². The zero-order valence-corrected chi connectivity index (χ0v) is 16.5. The van der Waals surface area contributed by atoms with Gasteiger partial charge in [0.2, 0.25) is 0 Å². The summed E-state index contributed by atoms with van der Waals surface area (Å²) in [5, 5.41) is 5.54. The average Bonchev–Trinajstić information content (AvgIpc) is 2.63. The normalized spacial score (nSPS) is 16.8. The predicted molar refractivity (Wildman–Crippen MR) is 104 cm³/mol. The minimum Gasteiger partial charge on any atom is -0.492 e. The van der Waals surface area contributed by atoms with Gasteiger partial charge in [0, 0.05) is 18.8 Å². The number of urea groups is 1. The van der Waals surface area contributed by atoms with E-state index in [0.717, 1.165) is 5.75 Å². The molecule has 1 aromatic carbocycles. The first-order chi connectivity index (χ1) is 12.9. The van der Waals surface area contributed by atoms with E-state index in [-0.39, 0.29) is 12.1 Å². The number of nitrogens with zero attached hydrogens (tertiary/aromatic N) is 1. The summed E-state index contributed by atoms with van der Waals surface area (Å²) in [5.41, 5.74) is 2.26. The quantitative estimate of drug-likeness (QED) is 0.647. The van der Waals surface area contributed by atoms with Crippen LogP contribution in [0.4, 0.5) is 4.79 Å². The third-order valence-electron chi connectivity index (χ3n) is 4.34. The Morgan fingerprint density at radius 3 is 2.56 bits per heavy atom. The van der Waals surface area contributed by atoms with Gasteiger partial charge in [0.25, 0.3) is 0 Å². The van der Waals surface area contributed by atoms with Crippen molar-refractivity contribution in [1.82, 2.24) is 15.5 Å². The fraction of sp³-hybridized carbons (Fsp3) is 0.500. The molecule has 2 amide bonds. The van der Waals surface area contributed by atoms with E-state index in [0.29, 0.717) is 44.0 Å². The monoisotopic (exact) mass is 375 g/mol. The fourth-order valence-electron chi connectivity index (χ4n) is 2.89. The molecule has 1 atom stereocenters. The molecule has 7 nitrogen and oxygen atoms in total. The van der Waals surface area contributed by atoms with E-state index in [1.165, 1.54) is 5.56 Å². The standard InChI is InChI=1S/C20H29N3O4/c1-5-16-18(19(24)26-6-2)17(22-20(25)21-16)13-23(4)11-12-27-15-9-7-14(3)8-10-15/h7-10,16H,5-6,11-13H2,1-4H3,(H2,21,22,25)/t16-/m0/s1. The number of hydrogen-bond acceptors (Lipinski definition) is 5. The highest BCUT2D eigenvalue weighted by Gasteiger charge is 2.31. The number of aryl methyl sites for hydroxylation is 1. The molecule has 27 heavy (non-hydrogen) atoms. The molecular formula is C20H29N3O4. The Morgan fingerprint density at radius 1 is 1.22 bits per heavy atom. The molecule has 0 saturated heterocycles. The van der Waals surface area contributed by atoms with Gasteiger partial charge >= 0.3 is 12.0 Å². The van der Waals surface area contributed by atoms with Gasteiger partial charge in [0.1, 0.15) is 12.4 Å². The van der Waals surface area contributed by atoms with Crippen LogP contribution < -0.4 is 15.4 Å². The molecule has 148 valence electrons. The van der Waals surface area contributed by atoms with Crippen LogP contribution >= 0.6 is 0 Å². The van der Waals surface area contributed by atoms with Crippen molar-refractivity contribution in [1.29, 1.82) is 0 Å². The summed E-state index contributed by atoms with van der Waals surface area (Å²) >= 11 is 0. The third-order valence-corrected chi connectivity index (χ3v) is 4.34. The number of carbonyl (C=O) groups is 2. The van der Waals surface area contributed by atoms with E-state index in [9.17, 15) is 9.59 Å². The van der Waals surface area contributed by atoms with Crippen LogP contribution in [0, 0.1) is 6.92 Å². The highest BCUT2D eigenvalue weighted by molar-refractivity contribution is 5.94. The van der Waals surface area contributed by atoms with Gasteiger partial charge in [0.05, 0.1) is 18.2 Å². The van der Waals surface area contributed by atoms with Gasteiger partial charge in [-0.15, -0.1) is 0 Å². The number of ether oxygens (including phenoxy) is 2. The predicted octanol–water partition coefficient (Wildman–Crippen LogP) is 2.21. The Labute approximate surface area is 160 Å². The SMILES string of the molecule is CCOC(=O)C1=C(CN(C)CCOc2ccc(C)cc2)NC(=O)N[C@H]1CC. The number of rotatable bonds is 9. The van der Waals surface area contributed by atoms with Crippen LogP contribution in [-0.2, 0) is 9.53 Å². The minimum atomic E-state index is -0.392. The minimum absolute atomic E-state index is 0.292. The molecule has 1 aromatic rings. The number of carbonyl (C=O) groups excluding carboxylic acids is 2. The zero-order valence-electron chi connectivity index (χ0n) is 16.5. The van der Waals surface area contributed by atoms with Crippen LogP contribution in [0.25, 0.3) is 0 Å². The Bertz CT molecular complexity index is 685. The molecule has 0 radical (unpaired) electrons. The molecule has 2 rings (SSSR count). The van der Waals surface area contributed by atoms with E-state index < -0.39 is 5.97 Å². The van der Waals surface area contributed by atoms with Gasteiger partial charge in [-0.3, -0.25) is 4.90 Å². The lowest BCUT2D eigenvalue weighted by Gasteiger charge is -2.30. The Balaban J connectivity index is 2.00. The summed E-state index contributed by atoms with van der Waals surface area (Å²) in [7, 11) is 1.92. The topological polar surface area (TPSA) is 79.9 Å². The van der Waals surface area contributed by atoms with Gasteiger partial charge in [-0.05, 0) is 39.4 Å². The molecule has 1 aliphatic heterocycles. The van der Waals surface area contributed by atoms with Crippen molar-refractivity contribution in [2.75, 3.05) is 33.4 Å². The maximum Gasteiger partial charge on any atom is 0.337 e. The van der Waals surface area contributed by atoms with Gasteiger partial charge in [-0.1, -0.05) is 24.6 Å². The molecule has 0 fully saturated rings. The molecule has 0 aliphatic carbocycles. The van der Waals surface area contributed by atoms with E-state index in [4.69, 9.17) is 9.47 Å². The second-order valence-corrected chi connectivity index (χ2v) is 6.57. The molecule has 1 aliphatic rings. The van der Waals surface area contributed by atoms with E-state index in [1.807, 2.05) is 50.1 Å². The molecule has 0 saturated carbocycles. The molecule has 0 spiro atoms. The van der Waals surface area contributed by atoms with Crippen molar-refractivity contribution in [3.05, 3.63) is 41.1 Å². The average molecular weight is 375 g/mol. The first kappa shape index (κ1) is 20.8. The maximum absolute atomic E-state index is 12.4. The van der Waals surface area contributed by atoms with Crippen molar-refractivity contribution in [2.24, 2.45) is 0 Å². The second kappa shape index (κ2) is 9.97. The Kier molecular flexibility index (Phi) is 7.67. The Hall–Kier alpha value is -2.54. The second-order valence-electron chi connectivity index (χ2n) is 6.57. The van der Waals surface area contributed by atoms with Crippen LogP contribution in [0.2, 0.25) is 0 Å². The van der Waals surface area contributed by atoms with Crippen LogP contribution in [0.1, 0.15) is 25.8 Å². The van der Waals surface area contributed by atoms with Crippen LogP contribution in [0.15, 0.2) is 35.5 Å². The Morgan fingerprint density at radius 2 is 1.93 bits per heavy atom. The number of esters is 1. The summed E-state index contributed by atoms with van der Waals surface area (Å²) in [6, 6.07) is 7.25. The van der Waals surface area contributed by atoms with Gasteiger partial charge in [-0.2, -0.15) is 0 Å². The number of amides is 2. The highest BCUT2D eigenvalue weighted by atomic mass is 16.5. The molecule has 1 heterocycles. The highest BCUT2D eigenvalue weighted by Crippen LogP contribution is 2.18. The lowest BCUT2D eigenvalue weighted by atomic mass is 10.00. The summed E-state index contributed by atoms with van der Waals surface area (Å²) in [5.74, 6) is 0.429. The largest absolute Gasteiger partial charge is 0.492 e. The molecular weight excluding hydrogens is 346 g/mol. The molecule has 2 N–H and O–H groups in total. The van der Waals surface area contributed by atoms with E-state index in [1.54, 1.807) is 6.92 Å². The number of nitrogens with one attached hydrogen (secondary N) is 2. The molecule has 0 unspecified atom stereocenters. The third kappa shape index (κ3) is 5.99. The van der Waals surface area contributed by atoms with Crippen LogP contribution in [-0.4, -0.2) is 56.3 Å². The number of likely N-dealkylation sites (N-methyl/N-ethyl adjacent to an activating group) is 1. The van der Waals surface area contributed by atoms with Gasteiger partial charge in [-0.25, -0.2) is 9.59 Å². The maximum atomic E-state index is 12.4. The zero-order chi connectivity index (χ0) is 19.8. The van der Waals surface area contributed by atoms with Gasteiger partial charge < -0.3 is 20.1 Å². The summed E-state index contributed by atoms with van der Waals surface area (Å²) in [6.45, 7) is 7.59. The molecule has 7 heteroatoms. The molecule has 0 aromatic heterocycles. The lowest BCUT2D eigenvalue weighted by molar-refractivity contribution is -0.139.